The number of hydrogen-bond donors (Lipinski definition) is 4. The number of nitrogens with zero attached hydrogens (tertiary/aromatic N) is 2. The van der Waals surface area contributed by atoms with Crippen LogP contribution in [-0.4, -0.2) is 75.6 Å². The summed E-state index contributed by atoms with van der Waals surface area (Å²) in [6.45, 7) is 5.18. The largest absolute Gasteiger partial charge is 0.490 e. The van der Waals surface area contributed by atoms with Crippen molar-refractivity contribution in [3.05, 3.63) is 76.3 Å². The lowest BCUT2D eigenvalue weighted by Gasteiger charge is -2.19. The van der Waals surface area contributed by atoms with Gasteiger partial charge in [-0.2, -0.15) is 26.3 Å². The van der Waals surface area contributed by atoms with Gasteiger partial charge in [-0.3, -0.25) is 9.69 Å². The minimum absolute atomic E-state index is 0.231. The monoisotopic (exact) mass is 606 g/mol. The van der Waals surface area contributed by atoms with E-state index in [1.165, 1.54) is 30.2 Å². The highest BCUT2D eigenvalue weighted by atomic mass is 19.4. The Balaban J connectivity index is 0.000000367. The fourth-order valence-corrected chi connectivity index (χ4v) is 3.45. The number of benzene rings is 2. The summed E-state index contributed by atoms with van der Waals surface area (Å²) in [6.07, 6.45) is -9.00. The Labute approximate surface area is 233 Å². The Morgan fingerprint density at radius 2 is 1.36 bits per heavy atom. The van der Waals surface area contributed by atoms with Gasteiger partial charge >= 0.3 is 24.3 Å². The first-order chi connectivity index (χ1) is 19.6. The van der Waals surface area contributed by atoms with E-state index in [9.17, 15) is 35.5 Å². The maximum atomic E-state index is 13.2. The van der Waals surface area contributed by atoms with E-state index < -0.39 is 24.3 Å². The molecule has 0 spiro atoms. The number of hydrogen-bond acceptors (Lipinski definition) is 6. The summed E-state index contributed by atoms with van der Waals surface area (Å²) in [4.78, 5) is 39.7. The number of aromatic nitrogens is 2. The van der Waals surface area contributed by atoms with Crippen LogP contribution in [-0.2, 0) is 16.1 Å². The molecule has 0 amide bonds. The number of carbonyl (C=O) groups is 2. The zero-order valence-corrected chi connectivity index (χ0v) is 21.6. The Morgan fingerprint density at radius 1 is 0.833 bits per heavy atom. The van der Waals surface area contributed by atoms with Gasteiger partial charge in [0.15, 0.2) is 0 Å². The molecule has 1 aromatic heterocycles. The summed E-state index contributed by atoms with van der Waals surface area (Å²) in [5, 5.41) is 17.7. The number of carboxylic acid groups (broad SMARTS) is 2. The van der Waals surface area contributed by atoms with Crippen molar-refractivity contribution in [2.24, 2.45) is 0 Å². The number of rotatable bonds is 4. The van der Waals surface area contributed by atoms with E-state index in [1.54, 1.807) is 12.1 Å². The van der Waals surface area contributed by atoms with Crippen LogP contribution in [0.25, 0.3) is 22.6 Å². The van der Waals surface area contributed by atoms with Crippen molar-refractivity contribution in [3.63, 3.8) is 0 Å². The Morgan fingerprint density at radius 3 is 1.88 bits per heavy atom. The molecule has 42 heavy (non-hydrogen) atoms. The van der Waals surface area contributed by atoms with Crippen LogP contribution < -0.4 is 10.9 Å². The fourth-order valence-electron chi connectivity index (χ4n) is 3.45. The number of alkyl halides is 6. The van der Waals surface area contributed by atoms with Crippen molar-refractivity contribution in [2.45, 2.75) is 25.3 Å². The normalized spacial score (nSPS) is 14.0. The summed E-state index contributed by atoms with van der Waals surface area (Å²) >= 11 is 0. The summed E-state index contributed by atoms with van der Waals surface area (Å²) in [7, 11) is 0. The van der Waals surface area contributed by atoms with Gasteiger partial charge in [0.1, 0.15) is 11.6 Å². The lowest BCUT2D eigenvalue weighted by Crippen LogP contribution is -2.27. The molecule has 9 nitrogen and oxygen atoms in total. The third kappa shape index (κ3) is 11.7. The van der Waals surface area contributed by atoms with Crippen LogP contribution in [0.3, 0.4) is 0 Å². The number of nitrogens with one attached hydrogen (secondary N) is 2. The van der Waals surface area contributed by atoms with Crippen molar-refractivity contribution in [2.75, 3.05) is 26.2 Å². The second kappa shape index (κ2) is 15.1. The molecule has 1 fully saturated rings. The lowest BCUT2D eigenvalue weighted by atomic mass is 10.1. The van der Waals surface area contributed by atoms with E-state index in [2.05, 4.69) is 32.3 Å². The molecule has 3 aromatic rings. The Kier molecular flexibility index (Phi) is 12.2. The fraction of sp³-hybridized carbons (Fsp3) is 0.308. The third-order valence-electron chi connectivity index (χ3n) is 5.43. The van der Waals surface area contributed by atoms with Crippen LogP contribution in [0.1, 0.15) is 12.0 Å². The van der Waals surface area contributed by atoms with E-state index in [0.29, 0.717) is 17.1 Å². The highest BCUT2D eigenvalue weighted by molar-refractivity contribution is 5.73. The van der Waals surface area contributed by atoms with Gasteiger partial charge in [-0.15, -0.1) is 0 Å². The van der Waals surface area contributed by atoms with Gasteiger partial charge in [0.05, 0.1) is 5.69 Å². The van der Waals surface area contributed by atoms with E-state index in [0.717, 1.165) is 38.3 Å². The number of aromatic amines is 1. The number of halogens is 7. The molecule has 0 radical (unpaired) electrons. The molecule has 1 aliphatic rings. The van der Waals surface area contributed by atoms with Gasteiger partial charge in [0.25, 0.3) is 5.56 Å². The first-order valence-corrected chi connectivity index (χ1v) is 12.1. The van der Waals surface area contributed by atoms with Crippen molar-refractivity contribution >= 4 is 11.9 Å². The van der Waals surface area contributed by atoms with Crippen molar-refractivity contribution in [1.29, 1.82) is 0 Å². The first-order valence-electron chi connectivity index (χ1n) is 12.1. The Hall–Kier alpha value is -4.31. The SMILES string of the molecule is O=C(O)C(F)(F)F.O=C(O)C(F)(F)F.O=c1cc(-c2ccc(F)cc2)nc(-c2ccc(CN3CCCNCC3)cc2)[nH]1. The van der Waals surface area contributed by atoms with Crippen LogP contribution in [0.15, 0.2) is 59.4 Å². The average molecular weight is 606 g/mol. The van der Waals surface area contributed by atoms with E-state index in [-0.39, 0.29) is 11.4 Å². The van der Waals surface area contributed by atoms with Gasteiger partial charge in [-0.05, 0) is 49.3 Å². The maximum absolute atomic E-state index is 13.2. The maximum Gasteiger partial charge on any atom is 0.490 e. The molecule has 0 saturated carbocycles. The Bertz CT molecular complexity index is 1340. The third-order valence-corrected chi connectivity index (χ3v) is 5.43. The van der Waals surface area contributed by atoms with Gasteiger partial charge in [0.2, 0.25) is 0 Å². The molecular formula is C26H25F7N4O5. The van der Waals surface area contributed by atoms with Gasteiger partial charge in [0, 0.05) is 36.8 Å². The lowest BCUT2D eigenvalue weighted by molar-refractivity contribution is -0.193. The average Bonchev–Trinajstić information content (AvgIpc) is 3.17. The van der Waals surface area contributed by atoms with Crippen molar-refractivity contribution in [1.82, 2.24) is 20.2 Å². The summed E-state index contributed by atoms with van der Waals surface area (Å²) in [5.74, 6) is -5.32. The van der Waals surface area contributed by atoms with Crippen LogP contribution in [0, 0.1) is 5.82 Å². The van der Waals surface area contributed by atoms with Crippen LogP contribution in [0.4, 0.5) is 30.7 Å². The molecule has 0 unspecified atom stereocenters. The second-order valence-electron chi connectivity index (χ2n) is 8.67. The molecule has 2 aromatic carbocycles. The highest BCUT2D eigenvalue weighted by Crippen LogP contribution is 2.21. The number of H-pyrrole nitrogens is 1. The van der Waals surface area contributed by atoms with Crippen LogP contribution in [0.5, 0.6) is 0 Å². The molecule has 1 aliphatic heterocycles. The zero-order chi connectivity index (χ0) is 31.5. The van der Waals surface area contributed by atoms with Gasteiger partial charge < -0.3 is 20.5 Å². The minimum atomic E-state index is -5.08. The van der Waals surface area contributed by atoms with Crippen molar-refractivity contribution < 1.29 is 50.5 Å². The summed E-state index contributed by atoms with van der Waals surface area (Å²) in [5.41, 5.74) is 3.09. The number of aliphatic carboxylic acids is 2. The highest BCUT2D eigenvalue weighted by Gasteiger charge is 2.38. The van der Waals surface area contributed by atoms with E-state index in [1.807, 2.05) is 12.1 Å². The molecule has 228 valence electrons. The van der Waals surface area contributed by atoms with Crippen LogP contribution in [0.2, 0.25) is 0 Å². The zero-order valence-electron chi connectivity index (χ0n) is 21.6. The minimum Gasteiger partial charge on any atom is -0.475 e. The summed E-state index contributed by atoms with van der Waals surface area (Å²) in [6, 6.07) is 15.5. The number of carboxylic acids is 2. The second-order valence-corrected chi connectivity index (χ2v) is 8.67. The first kappa shape index (κ1) is 33.9. The molecule has 2 heterocycles. The quantitative estimate of drug-likeness (QED) is 0.323. The predicted molar refractivity (Wildman–Crippen MR) is 136 cm³/mol. The molecule has 16 heteroatoms. The predicted octanol–water partition coefficient (Wildman–Crippen LogP) is 4.30. The van der Waals surface area contributed by atoms with E-state index in [4.69, 9.17) is 19.8 Å². The summed E-state index contributed by atoms with van der Waals surface area (Å²) < 4.78 is 76.6. The molecule has 4 N–H and O–H groups in total. The standard InChI is InChI=1S/C22H23FN4O.2C2HF3O2/c23-19-8-6-17(7-9-19)20-14-21(28)26-22(25-20)18-4-2-16(3-5-18)15-27-12-1-10-24-11-13-27;2*3-2(4,5)1(6)7/h2-9,14,24H,1,10-13,15H2,(H,25,26,28);2*(H,6,7). The molecule has 0 atom stereocenters. The van der Waals surface area contributed by atoms with E-state index >= 15 is 0 Å². The van der Waals surface area contributed by atoms with Gasteiger partial charge in [-0.1, -0.05) is 24.3 Å². The molecule has 4 rings (SSSR count). The topological polar surface area (TPSA) is 136 Å². The van der Waals surface area contributed by atoms with Crippen LogP contribution >= 0.6 is 0 Å². The van der Waals surface area contributed by atoms with Gasteiger partial charge in [-0.25, -0.2) is 19.0 Å². The molecule has 1 saturated heterocycles. The molecule has 0 aliphatic carbocycles. The molecular weight excluding hydrogens is 581 g/mol. The van der Waals surface area contributed by atoms with Crippen molar-refractivity contribution in [3.8, 4) is 22.6 Å². The molecule has 0 bridgehead atoms. The smallest absolute Gasteiger partial charge is 0.475 e.